The molecule has 0 amide bonds. The molecular formula is C16H12ClN. The summed E-state index contributed by atoms with van der Waals surface area (Å²) >= 11 is 6.13. The molecule has 1 aliphatic rings. The first-order valence-corrected chi connectivity index (χ1v) is 6.59. The zero-order valence-corrected chi connectivity index (χ0v) is 10.6. The summed E-state index contributed by atoms with van der Waals surface area (Å²) in [6, 6.07) is 14.7. The van der Waals surface area contributed by atoms with Crippen molar-refractivity contribution in [2.24, 2.45) is 0 Å². The van der Waals surface area contributed by atoms with Crippen molar-refractivity contribution >= 4 is 22.5 Å². The SMILES string of the molecule is Clc1ccc2[nH]c3c(c2c1)-c1ccccc1CC3. The normalized spacial score (nSPS) is 13.4. The van der Waals surface area contributed by atoms with E-state index in [9.17, 15) is 0 Å². The van der Waals surface area contributed by atoms with Crippen LogP contribution in [0.5, 0.6) is 0 Å². The highest BCUT2D eigenvalue weighted by molar-refractivity contribution is 6.31. The number of nitrogens with one attached hydrogen (secondary N) is 1. The molecule has 0 unspecified atom stereocenters. The molecule has 0 radical (unpaired) electrons. The largest absolute Gasteiger partial charge is 0.358 e. The van der Waals surface area contributed by atoms with Crippen LogP contribution in [0.2, 0.25) is 5.02 Å². The highest BCUT2D eigenvalue weighted by Crippen LogP contribution is 2.39. The minimum absolute atomic E-state index is 0.798. The lowest BCUT2D eigenvalue weighted by Crippen LogP contribution is -2.02. The summed E-state index contributed by atoms with van der Waals surface area (Å²) in [6.45, 7) is 0. The van der Waals surface area contributed by atoms with Gasteiger partial charge in [-0.25, -0.2) is 0 Å². The van der Waals surface area contributed by atoms with Crippen molar-refractivity contribution < 1.29 is 0 Å². The number of hydrogen-bond acceptors (Lipinski definition) is 0. The summed E-state index contributed by atoms with van der Waals surface area (Å²) in [7, 11) is 0. The molecule has 0 saturated carbocycles. The molecule has 18 heavy (non-hydrogen) atoms. The second-order valence-electron chi connectivity index (χ2n) is 4.83. The van der Waals surface area contributed by atoms with Crippen LogP contribution >= 0.6 is 11.6 Å². The molecule has 0 spiro atoms. The third-order valence-electron chi connectivity index (χ3n) is 3.77. The number of aromatic nitrogens is 1. The molecule has 2 aromatic carbocycles. The van der Waals surface area contributed by atoms with Gasteiger partial charge in [0.25, 0.3) is 0 Å². The van der Waals surface area contributed by atoms with Crippen LogP contribution < -0.4 is 0 Å². The monoisotopic (exact) mass is 253 g/mol. The molecular weight excluding hydrogens is 242 g/mol. The Morgan fingerprint density at radius 2 is 1.89 bits per heavy atom. The Bertz CT molecular complexity index is 755. The number of rotatable bonds is 0. The fourth-order valence-electron chi connectivity index (χ4n) is 2.96. The Balaban J connectivity index is 2.13. The Morgan fingerprint density at radius 1 is 1.00 bits per heavy atom. The van der Waals surface area contributed by atoms with Crippen molar-refractivity contribution in [1.29, 1.82) is 0 Å². The zero-order chi connectivity index (χ0) is 12.1. The van der Waals surface area contributed by atoms with Gasteiger partial charge in [-0.3, -0.25) is 0 Å². The average molecular weight is 254 g/mol. The van der Waals surface area contributed by atoms with Gasteiger partial charge >= 0.3 is 0 Å². The van der Waals surface area contributed by atoms with E-state index in [0.717, 1.165) is 17.9 Å². The zero-order valence-electron chi connectivity index (χ0n) is 9.83. The van der Waals surface area contributed by atoms with Gasteiger partial charge in [0.1, 0.15) is 0 Å². The summed E-state index contributed by atoms with van der Waals surface area (Å²) in [5.41, 5.74) is 6.65. The number of aryl methyl sites for hydroxylation is 2. The van der Waals surface area contributed by atoms with Crippen molar-refractivity contribution in [2.75, 3.05) is 0 Å². The molecule has 2 heteroatoms. The van der Waals surface area contributed by atoms with E-state index in [-0.39, 0.29) is 0 Å². The molecule has 1 aromatic heterocycles. The summed E-state index contributed by atoms with van der Waals surface area (Å²) in [4.78, 5) is 3.53. The predicted octanol–water partition coefficient (Wildman–Crippen LogP) is 4.59. The Morgan fingerprint density at radius 3 is 2.83 bits per heavy atom. The quantitative estimate of drug-likeness (QED) is 0.603. The summed E-state index contributed by atoms with van der Waals surface area (Å²) in [6.07, 6.45) is 2.20. The van der Waals surface area contributed by atoms with E-state index in [1.54, 1.807) is 0 Å². The molecule has 1 aliphatic carbocycles. The Hall–Kier alpha value is -1.73. The highest BCUT2D eigenvalue weighted by atomic mass is 35.5. The smallest absolute Gasteiger partial charge is 0.0463 e. The van der Waals surface area contributed by atoms with E-state index in [4.69, 9.17) is 11.6 Å². The van der Waals surface area contributed by atoms with E-state index in [2.05, 4.69) is 41.4 Å². The standard InChI is InChI=1S/C16H12ClN/c17-11-6-8-14-13(9-11)16-12-4-2-1-3-10(12)5-7-15(16)18-14/h1-4,6,8-9,18H,5,7H2. The molecule has 1 N–H and O–H groups in total. The fourth-order valence-corrected chi connectivity index (χ4v) is 3.13. The van der Waals surface area contributed by atoms with E-state index in [1.807, 2.05) is 6.07 Å². The minimum Gasteiger partial charge on any atom is -0.358 e. The maximum absolute atomic E-state index is 6.13. The second-order valence-corrected chi connectivity index (χ2v) is 5.26. The number of hydrogen-bond donors (Lipinski definition) is 1. The number of halogens is 1. The van der Waals surface area contributed by atoms with Crippen LogP contribution in [-0.2, 0) is 12.8 Å². The summed E-state index contributed by atoms with van der Waals surface area (Å²) in [5, 5.41) is 2.04. The summed E-state index contributed by atoms with van der Waals surface area (Å²) in [5.74, 6) is 0. The molecule has 3 aromatic rings. The topological polar surface area (TPSA) is 15.8 Å². The molecule has 88 valence electrons. The van der Waals surface area contributed by atoms with Crippen LogP contribution in [0.3, 0.4) is 0 Å². The maximum Gasteiger partial charge on any atom is 0.0463 e. The third-order valence-corrected chi connectivity index (χ3v) is 4.00. The van der Waals surface area contributed by atoms with E-state index in [1.165, 1.54) is 33.3 Å². The molecule has 1 nitrogen and oxygen atoms in total. The lowest BCUT2D eigenvalue weighted by Gasteiger charge is -2.16. The molecule has 1 heterocycles. The van der Waals surface area contributed by atoms with Crippen LogP contribution in [0, 0.1) is 0 Å². The highest BCUT2D eigenvalue weighted by Gasteiger charge is 2.20. The molecule has 0 aliphatic heterocycles. The fraction of sp³-hybridized carbons (Fsp3) is 0.125. The average Bonchev–Trinajstić information content (AvgIpc) is 2.77. The van der Waals surface area contributed by atoms with Crippen molar-refractivity contribution in [3.8, 4) is 11.1 Å². The van der Waals surface area contributed by atoms with Crippen LogP contribution in [0.15, 0.2) is 42.5 Å². The first-order chi connectivity index (χ1) is 8.83. The molecule has 0 atom stereocenters. The van der Waals surface area contributed by atoms with Crippen molar-refractivity contribution in [1.82, 2.24) is 4.98 Å². The molecule has 4 rings (SSSR count). The van der Waals surface area contributed by atoms with Gasteiger partial charge in [0, 0.05) is 27.2 Å². The van der Waals surface area contributed by atoms with Crippen molar-refractivity contribution in [3.05, 3.63) is 58.7 Å². The first-order valence-electron chi connectivity index (χ1n) is 6.21. The van der Waals surface area contributed by atoms with Gasteiger partial charge < -0.3 is 4.98 Å². The van der Waals surface area contributed by atoms with Gasteiger partial charge in [0.15, 0.2) is 0 Å². The molecule has 0 bridgehead atoms. The molecule has 0 fully saturated rings. The molecule has 0 saturated heterocycles. The van der Waals surface area contributed by atoms with Gasteiger partial charge in [0.2, 0.25) is 0 Å². The van der Waals surface area contributed by atoms with Gasteiger partial charge in [0.05, 0.1) is 0 Å². The van der Waals surface area contributed by atoms with Crippen LogP contribution in [-0.4, -0.2) is 4.98 Å². The number of aromatic amines is 1. The number of fused-ring (bicyclic) bond motifs is 5. The number of H-pyrrole nitrogens is 1. The van der Waals surface area contributed by atoms with E-state index >= 15 is 0 Å². The van der Waals surface area contributed by atoms with Crippen LogP contribution in [0.25, 0.3) is 22.0 Å². The minimum atomic E-state index is 0.798. The predicted molar refractivity (Wildman–Crippen MR) is 76.2 cm³/mol. The van der Waals surface area contributed by atoms with E-state index in [0.29, 0.717) is 0 Å². The van der Waals surface area contributed by atoms with Gasteiger partial charge in [-0.05, 0) is 42.2 Å². The van der Waals surface area contributed by atoms with E-state index < -0.39 is 0 Å². The van der Waals surface area contributed by atoms with Crippen molar-refractivity contribution in [2.45, 2.75) is 12.8 Å². The van der Waals surface area contributed by atoms with Crippen LogP contribution in [0.4, 0.5) is 0 Å². The first kappa shape index (κ1) is 10.2. The lowest BCUT2D eigenvalue weighted by atomic mass is 9.88. The van der Waals surface area contributed by atoms with Crippen molar-refractivity contribution in [3.63, 3.8) is 0 Å². The number of benzene rings is 2. The van der Waals surface area contributed by atoms with Crippen LogP contribution in [0.1, 0.15) is 11.3 Å². The second kappa shape index (κ2) is 3.63. The van der Waals surface area contributed by atoms with Gasteiger partial charge in [-0.2, -0.15) is 0 Å². The third kappa shape index (κ3) is 1.34. The summed E-state index contributed by atoms with van der Waals surface area (Å²) < 4.78 is 0. The maximum atomic E-state index is 6.13. The lowest BCUT2D eigenvalue weighted by molar-refractivity contribution is 0.914. The Labute approximate surface area is 110 Å². The Kier molecular flexibility index (Phi) is 2.06. The van der Waals surface area contributed by atoms with Gasteiger partial charge in [-0.15, -0.1) is 0 Å². The van der Waals surface area contributed by atoms with Gasteiger partial charge in [-0.1, -0.05) is 35.9 Å².